The van der Waals surface area contributed by atoms with Crippen LogP contribution in [0.5, 0.6) is 0 Å². The zero-order valence-electron chi connectivity index (χ0n) is 56.2. The van der Waals surface area contributed by atoms with Crippen molar-refractivity contribution in [3.05, 3.63) is 0 Å². The molecule has 0 aromatic carbocycles. The van der Waals surface area contributed by atoms with E-state index in [1.54, 1.807) is 7.11 Å². The van der Waals surface area contributed by atoms with E-state index >= 15 is 0 Å². The number of aldehydes is 2. The first-order valence-electron chi connectivity index (χ1n) is 34.0. The molecule has 10 nitrogen and oxygen atoms in total. The van der Waals surface area contributed by atoms with Gasteiger partial charge in [-0.05, 0) is 116 Å². The molecule has 11 heteroatoms. The third kappa shape index (κ3) is 85.1. The van der Waals surface area contributed by atoms with Crippen LogP contribution in [0.4, 0.5) is 0 Å². The van der Waals surface area contributed by atoms with Gasteiger partial charge in [0.15, 0.2) is 0 Å². The SMILES string of the molecule is CC.CC.CC.CCCCC.CCCCCCC(CCCCCC)OC.CCCCCCC(CCCCCC)OC(=O)CCCCCCC(=O)OCC(CNCCCCN1CCCC1)COC.O=CCCCCCCC=O.[B]C. The number of rotatable bonds is 49. The molecular weight excluding hydrogens is 984 g/mol. The second-order valence-electron chi connectivity index (χ2n) is 20.4. The van der Waals surface area contributed by atoms with E-state index in [4.69, 9.17) is 18.9 Å². The molecule has 0 aliphatic carbocycles. The molecule has 1 heterocycles. The Labute approximate surface area is 497 Å². The summed E-state index contributed by atoms with van der Waals surface area (Å²) in [5, 5.41) is 3.51. The Balaban J connectivity index is -0.000000221. The Morgan fingerprint density at radius 3 is 1.25 bits per heavy atom. The summed E-state index contributed by atoms with van der Waals surface area (Å²) in [5.74, 6) is -0.00875. The summed E-state index contributed by atoms with van der Waals surface area (Å²) in [6.07, 6.45) is 46.7. The molecule has 0 spiro atoms. The Morgan fingerprint density at radius 2 is 0.873 bits per heavy atom. The fourth-order valence-corrected chi connectivity index (χ4v) is 8.72. The molecular formula is C68H143BN2O8. The summed E-state index contributed by atoms with van der Waals surface area (Å²) in [5.41, 5.74) is 0. The number of nitrogens with zero attached hydrogens (tertiary/aromatic N) is 1. The highest BCUT2D eigenvalue weighted by Gasteiger charge is 2.16. The van der Waals surface area contributed by atoms with E-state index in [2.05, 4.69) is 59.6 Å². The van der Waals surface area contributed by atoms with E-state index in [9.17, 15) is 19.2 Å². The first-order chi connectivity index (χ1) is 38.8. The quantitative estimate of drug-likeness (QED) is 0.0273. The van der Waals surface area contributed by atoms with Gasteiger partial charge in [0.1, 0.15) is 18.7 Å². The van der Waals surface area contributed by atoms with Gasteiger partial charge in [-0.1, -0.05) is 225 Å². The maximum atomic E-state index is 12.4. The lowest BCUT2D eigenvalue weighted by Gasteiger charge is -2.18. The van der Waals surface area contributed by atoms with Gasteiger partial charge in [-0.2, -0.15) is 0 Å². The van der Waals surface area contributed by atoms with Gasteiger partial charge in [-0.3, -0.25) is 9.59 Å². The van der Waals surface area contributed by atoms with Gasteiger partial charge in [0.25, 0.3) is 0 Å². The molecule has 476 valence electrons. The second kappa shape index (κ2) is 90.0. The molecule has 1 rings (SSSR count). The molecule has 1 fully saturated rings. The van der Waals surface area contributed by atoms with Crippen LogP contribution in [-0.4, -0.2) is 110 Å². The first kappa shape index (κ1) is 90.9. The fourth-order valence-electron chi connectivity index (χ4n) is 8.72. The van der Waals surface area contributed by atoms with Gasteiger partial charge in [-0.25, -0.2) is 0 Å². The van der Waals surface area contributed by atoms with Crippen molar-refractivity contribution in [2.45, 2.75) is 353 Å². The summed E-state index contributed by atoms with van der Waals surface area (Å²) in [6.45, 7) is 33.4. The van der Waals surface area contributed by atoms with Crippen molar-refractivity contribution in [1.82, 2.24) is 10.2 Å². The van der Waals surface area contributed by atoms with Crippen molar-refractivity contribution in [2.24, 2.45) is 5.92 Å². The summed E-state index contributed by atoms with van der Waals surface area (Å²) in [7, 11) is 8.06. The molecule has 1 atom stereocenters. The number of ether oxygens (including phenoxy) is 4. The van der Waals surface area contributed by atoms with Crippen LogP contribution in [0.15, 0.2) is 0 Å². The zero-order chi connectivity index (χ0) is 60.9. The van der Waals surface area contributed by atoms with Crippen molar-refractivity contribution in [1.29, 1.82) is 0 Å². The van der Waals surface area contributed by atoms with Crippen LogP contribution in [0.3, 0.4) is 0 Å². The minimum atomic E-state index is -0.134. The van der Waals surface area contributed by atoms with Crippen molar-refractivity contribution in [3.8, 4) is 0 Å². The summed E-state index contributed by atoms with van der Waals surface area (Å²) < 4.78 is 22.3. The Kier molecular flexibility index (Phi) is 104. The fraction of sp³-hybridized carbons (Fsp3) is 0.941. The molecule has 1 saturated heterocycles. The van der Waals surface area contributed by atoms with Crippen molar-refractivity contribution in [2.75, 3.05) is 60.2 Å². The molecule has 1 N–H and O–H groups in total. The molecule has 0 amide bonds. The Bertz CT molecular complexity index is 1030. The highest BCUT2D eigenvalue weighted by Crippen LogP contribution is 2.18. The lowest BCUT2D eigenvalue weighted by molar-refractivity contribution is -0.150. The molecule has 0 saturated carbocycles. The monoisotopic (exact) mass is 1130 g/mol. The number of esters is 2. The molecule has 0 bridgehead atoms. The van der Waals surface area contributed by atoms with Gasteiger partial charge in [0, 0.05) is 52.4 Å². The second-order valence-corrected chi connectivity index (χ2v) is 20.4. The Hall–Kier alpha value is -1.82. The Morgan fingerprint density at radius 1 is 0.481 bits per heavy atom. The lowest BCUT2D eigenvalue weighted by Crippen LogP contribution is -2.31. The molecule has 2 radical (unpaired) electrons. The van der Waals surface area contributed by atoms with Crippen LogP contribution in [0.25, 0.3) is 0 Å². The van der Waals surface area contributed by atoms with Gasteiger partial charge >= 0.3 is 11.9 Å². The van der Waals surface area contributed by atoms with Crippen molar-refractivity contribution in [3.63, 3.8) is 0 Å². The van der Waals surface area contributed by atoms with Crippen molar-refractivity contribution >= 4 is 32.4 Å². The molecule has 1 aliphatic heterocycles. The van der Waals surface area contributed by atoms with Crippen LogP contribution < -0.4 is 5.32 Å². The number of hydrogen-bond donors (Lipinski definition) is 1. The average molecular weight is 1130 g/mol. The van der Waals surface area contributed by atoms with Crippen LogP contribution in [-0.2, 0) is 38.1 Å². The molecule has 1 unspecified atom stereocenters. The van der Waals surface area contributed by atoms with E-state index in [1.165, 1.54) is 174 Å². The van der Waals surface area contributed by atoms with Gasteiger partial charge in [-0.15, -0.1) is 0 Å². The van der Waals surface area contributed by atoms with E-state index < -0.39 is 0 Å². The zero-order valence-corrected chi connectivity index (χ0v) is 56.2. The third-order valence-electron chi connectivity index (χ3n) is 13.4. The number of unbranched alkanes of at least 4 members (excludes halogenated alkanes) is 23. The van der Waals surface area contributed by atoms with Gasteiger partial charge in [0.2, 0.25) is 0 Å². The van der Waals surface area contributed by atoms with Crippen molar-refractivity contribution < 1.29 is 38.1 Å². The number of carbonyl (C=O) groups is 4. The minimum absolute atomic E-state index is 0.0511. The summed E-state index contributed by atoms with van der Waals surface area (Å²) in [4.78, 5) is 46.9. The maximum Gasteiger partial charge on any atom is 0.306 e. The first-order valence-corrected chi connectivity index (χ1v) is 34.0. The van der Waals surface area contributed by atoms with E-state index in [1.807, 2.05) is 48.7 Å². The maximum absolute atomic E-state index is 12.4. The van der Waals surface area contributed by atoms with Gasteiger partial charge < -0.3 is 38.8 Å². The standard InChI is InChI=1S/C34H66N2O5.C14H30O.C8H14O2.C5H12.3C2H6.CH3B/c1-4-6-8-12-20-32(21-13-9-7-5-2)41-34(38)23-15-11-10-14-22-33(37)40-30-31(29-39-3)28-35-24-16-17-25-36-26-18-19-27-36;1-4-6-8-10-12-14(15-3)13-11-9-7-5-2;9-7-5-3-1-2-4-6-8-10;1-3-5-4-2;4*1-2/h31-32,35H,4-30H2,1-3H3;14H,4-13H2,1-3H3;7-8H,1-6H2;3-5H2,1-2H3;3*1-2H3;1H3. The van der Waals surface area contributed by atoms with Crippen LogP contribution >= 0.6 is 0 Å². The third-order valence-corrected chi connectivity index (χ3v) is 13.4. The number of carbonyl (C=O) groups excluding carboxylic acids is 4. The number of methoxy groups -OCH3 is 2. The lowest BCUT2D eigenvalue weighted by atomic mass is 10.0. The highest BCUT2D eigenvalue weighted by atomic mass is 16.5. The van der Waals surface area contributed by atoms with E-state index in [0.717, 1.165) is 103 Å². The van der Waals surface area contributed by atoms with Gasteiger partial charge in [0.05, 0.1) is 27.2 Å². The number of nitrogens with one attached hydrogen (secondary N) is 1. The number of hydrogen-bond acceptors (Lipinski definition) is 10. The predicted molar refractivity (Wildman–Crippen MR) is 348 cm³/mol. The molecule has 0 aromatic heterocycles. The largest absolute Gasteiger partial charge is 0.465 e. The topological polar surface area (TPSA) is 120 Å². The van der Waals surface area contributed by atoms with E-state index in [-0.39, 0.29) is 24.0 Å². The predicted octanol–water partition coefficient (Wildman–Crippen LogP) is 19.6. The smallest absolute Gasteiger partial charge is 0.306 e. The van der Waals surface area contributed by atoms with Crippen LogP contribution in [0.1, 0.15) is 333 Å². The highest BCUT2D eigenvalue weighted by molar-refractivity contribution is 6.05. The molecule has 0 aromatic rings. The number of likely N-dealkylation sites (tertiary alicyclic amines) is 1. The summed E-state index contributed by atoms with van der Waals surface area (Å²) >= 11 is 0. The summed E-state index contributed by atoms with van der Waals surface area (Å²) in [6, 6.07) is 0. The average Bonchev–Trinajstić information content (AvgIpc) is 4.01. The molecule has 1 aliphatic rings. The normalized spacial score (nSPS) is 11.7. The van der Waals surface area contributed by atoms with Crippen LogP contribution in [0.2, 0.25) is 6.82 Å². The van der Waals surface area contributed by atoms with Crippen LogP contribution in [0, 0.1) is 5.92 Å². The molecule has 79 heavy (non-hydrogen) atoms. The minimum Gasteiger partial charge on any atom is -0.465 e. The van der Waals surface area contributed by atoms with E-state index in [0.29, 0.717) is 45.0 Å².